The number of ether oxygens (including phenoxy) is 1. The number of aromatic nitrogens is 1. The maximum atomic E-state index is 13.8. The molecule has 3 aromatic rings. The predicted molar refractivity (Wildman–Crippen MR) is 109 cm³/mol. The van der Waals surface area contributed by atoms with Crippen LogP contribution >= 0.6 is 11.3 Å². The number of nitro benzene ring substituents is 1. The lowest BCUT2D eigenvalue weighted by Crippen LogP contribution is -2.20. The minimum Gasteiger partial charge on any atom is -0.481 e. The molecule has 29 heavy (non-hydrogen) atoms. The zero-order valence-electron chi connectivity index (χ0n) is 16.0. The monoisotopic (exact) mass is 415 g/mol. The molecule has 0 saturated carbocycles. The fraction of sp³-hybridized carbons (Fsp3) is 0.200. The van der Waals surface area contributed by atoms with Gasteiger partial charge in [-0.2, -0.15) is 0 Å². The van der Waals surface area contributed by atoms with E-state index >= 15 is 0 Å². The van der Waals surface area contributed by atoms with Gasteiger partial charge in [0.15, 0.2) is 23.3 Å². The fourth-order valence-corrected chi connectivity index (χ4v) is 3.77. The number of carbonyl (C=O) groups excluding carboxylic acids is 1. The highest BCUT2D eigenvalue weighted by Crippen LogP contribution is 2.31. The van der Waals surface area contributed by atoms with Crippen LogP contribution in [-0.2, 0) is 4.79 Å². The first-order valence-corrected chi connectivity index (χ1v) is 9.53. The molecule has 0 saturated heterocycles. The Balaban J connectivity index is 1.65. The Kier molecular flexibility index (Phi) is 5.88. The van der Waals surface area contributed by atoms with Crippen molar-refractivity contribution in [3.05, 3.63) is 68.3 Å². The number of amides is 1. The van der Waals surface area contributed by atoms with Crippen molar-refractivity contribution in [3.8, 4) is 17.0 Å². The number of non-ortho nitro benzene ring substituents is 1. The largest absolute Gasteiger partial charge is 0.481 e. The molecule has 9 heteroatoms. The van der Waals surface area contributed by atoms with E-state index in [1.807, 2.05) is 26.2 Å². The van der Waals surface area contributed by atoms with Gasteiger partial charge < -0.3 is 4.74 Å². The molecule has 1 heterocycles. The summed E-state index contributed by atoms with van der Waals surface area (Å²) in [5.41, 5.74) is 4.77. The van der Waals surface area contributed by atoms with Crippen molar-refractivity contribution in [1.82, 2.24) is 4.98 Å². The van der Waals surface area contributed by atoms with Crippen LogP contribution in [0, 0.1) is 36.7 Å². The number of benzene rings is 2. The number of hydrogen-bond donors (Lipinski definition) is 1. The summed E-state index contributed by atoms with van der Waals surface area (Å²) in [6.07, 6.45) is 0. The van der Waals surface area contributed by atoms with Crippen molar-refractivity contribution in [2.75, 3.05) is 11.9 Å². The van der Waals surface area contributed by atoms with E-state index < -0.39 is 28.9 Å². The summed E-state index contributed by atoms with van der Waals surface area (Å²) in [7, 11) is 0. The first-order chi connectivity index (χ1) is 13.7. The molecule has 7 nitrogen and oxygen atoms in total. The minimum atomic E-state index is -0.908. The van der Waals surface area contributed by atoms with E-state index in [2.05, 4.69) is 22.4 Å². The first kappa shape index (κ1) is 20.4. The van der Waals surface area contributed by atoms with Gasteiger partial charge in [-0.25, -0.2) is 9.37 Å². The Morgan fingerprint density at radius 2 is 1.93 bits per heavy atom. The Bertz CT molecular complexity index is 1070. The van der Waals surface area contributed by atoms with Gasteiger partial charge in [-0.15, -0.1) is 11.3 Å². The lowest BCUT2D eigenvalue weighted by molar-refractivity contribution is -0.385. The molecule has 0 unspecified atom stereocenters. The smallest absolute Gasteiger partial charge is 0.272 e. The van der Waals surface area contributed by atoms with E-state index in [1.165, 1.54) is 16.9 Å². The van der Waals surface area contributed by atoms with Gasteiger partial charge >= 0.3 is 0 Å². The minimum absolute atomic E-state index is 0.239. The average Bonchev–Trinajstić information content (AvgIpc) is 3.07. The topological polar surface area (TPSA) is 94.4 Å². The molecular formula is C20H18FN3O4S. The fourth-order valence-electron chi connectivity index (χ4n) is 3.05. The summed E-state index contributed by atoms with van der Waals surface area (Å²) < 4.78 is 18.9. The molecule has 150 valence electrons. The standard InChI is InChI=1S/C20H18FN3O4S/c1-11-6-12(2)19(13(3)7-11)16-10-29-20(22-16)23-18(25)9-28-17-5-4-14(24(26)27)8-15(17)21/h4-8,10H,9H2,1-3H3,(H,22,23,25). The third-order valence-corrected chi connectivity index (χ3v) is 4.93. The van der Waals surface area contributed by atoms with E-state index in [0.717, 1.165) is 40.6 Å². The molecule has 0 spiro atoms. The third kappa shape index (κ3) is 4.75. The Hall–Kier alpha value is -3.33. The van der Waals surface area contributed by atoms with Crippen LogP contribution in [0.2, 0.25) is 0 Å². The van der Waals surface area contributed by atoms with Crippen LogP contribution in [0.1, 0.15) is 16.7 Å². The Morgan fingerprint density at radius 3 is 2.55 bits per heavy atom. The summed E-state index contributed by atoms with van der Waals surface area (Å²) in [6.45, 7) is 5.61. The molecule has 0 aliphatic carbocycles. The molecular weight excluding hydrogens is 397 g/mol. The number of halogens is 1. The second-order valence-corrected chi connectivity index (χ2v) is 7.38. The van der Waals surface area contributed by atoms with Crippen LogP contribution < -0.4 is 10.1 Å². The van der Waals surface area contributed by atoms with Crippen molar-refractivity contribution >= 4 is 28.1 Å². The Labute approximate surface area is 170 Å². The molecule has 0 atom stereocenters. The second kappa shape index (κ2) is 8.36. The average molecular weight is 415 g/mol. The number of anilines is 1. The number of hydrogen-bond acceptors (Lipinski definition) is 6. The quantitative estimate of drug-likeness (QED) is 0.461. The molecule has 0 bridgehead atoms. The number of nitro groups is 1. The maximum absolute atomic E-state index is 13.8. The van der Waals surface area contributed by atoms with Gasteiger partial charge in [0.1, 0.15) is 0 Å². The zero-order chi connectivity index (χ0) is 21.1. The molecule has 0 fully saturated rings. The molecule has 3 rings (SSSR count). The molecule has 1 aromatic heterocycles. The molecule has 0 radical (unpaired) electrons. The van der Waals surface area contributed by atoms with Gasteiger partial charge in [-0.1, -0.05) is 17.7 Å². The van der Waals surface area contributed by atoms with E-state index in [4.69, 9.17) is 4.74 Å². The molecule has 1 N–H and O–H groups in total. The van der Waals surface area contributed by atoms with Crippen molar-refractivity contribution in [2.24, 2.45) is 0 Å². The molecule has 1 amide bonds. The van der Waals surface area contributed by atoms with Crippen molar-refractivity contribution < 1.29 is 18.8 Å². The van der Waals surface area contributed by atoms with Gasteiger partial charge in [0, 0.05) is 17.0 Å². The Morgan fingerprint density at radius 1 is 1.24 bits per heavy atom. The van der Waals surface area contributed by atoms with Crippen LogP contribution in [0.25, 0.3) is 11.3 Å². The molecule has 0 aliphatic rings. The highest BCUT2D eigenvalue weighted by Gasteiger charge is 2.15. The number of aryl methyl sites for hydroxylation is 3. The van der Waals surface area contributed by atoms with Crippen LogP contribution in [0.4, 0.5) is 15.2 Å². The summed E-state index contributed by atoms with van der Waals surface area (Å²) >= 11 is 1.28. The highest BCUT2D eigenvalue weighted by atomic mass is 32.1. The summed E-state index contributed by atoms with van der Waals surface area (Å²) in [6, 6.07) is 7.12. The van der Waals surface area contributed by atoms with Gasteiger partial charge in [0.05, 0.1) is 16.7 Å². The van der Waals surface area contributed by atoms with Crippen molar-refractivity contribution in [3.63, 3.8) is 0 Å². The van der Waals surface area contributed by atoms with E-state index in [1.54, 1.807) is 0 Å². The van der Waals surface area contributed by atoms with Gasteiger partial charge in [-0.05, 0) is 38.0 Å². The second-order valence-electron chi connectivity index (χ2n) is 6.52. The number of carbonyl (C=O) groups is 1. The van der Waals surface area contributed by atoms with Crippen LogP contribution in [0.15, 0.2) is 35.7 Å². The summed E-state index contributed by atoms with van der Waals surface area (Å²) in [5, 5.41) is 15.5. The maximum Gasteiger partial charge on any atom is 0.272 e. The normalized spacial score (nSPS) is 10.6. The third-order valence-electron chi connectivity index (χ3n) is 4.17. The molecule has 2 aromatic carbocycles. The van der Waals surface area contributed by atoms with Gasteiger partial charge in [0.25, 0.3) is 11.6 Å². The summed E-state index contributed by atoms with van der Waals surface area (Å²) in [4.78, 5) is 26.5. The summed E-state index contributed by atoms with van der Waals surface area (Å²) in [5.74, 6) is -1.66. The highest BCUT2D eigenvalue weighted by molar-refractivity contribution is 7.14. The van der Waals surface area contributed by atoms with Crippen molar-refractivity contribution in [2.45, 2.75) is 20.8 Å². The number of rotatable bonds is 6. The number of nitrogens with one attached hydrogen (secondary N) is 1. The van der Waals surface area contributed by atoms with E-state index in [-0.39, 0.29) is 5.75 Å². The zero-order valence-corrected chi connectivity index (χ0v) is 16.8. The number of thiazole rings is 1. The molecule has 0 aliphatic heterocycles. The number of nitrogens with zero attached hydrogens (tertiary/aromatic N) is 2. The van der Waals surface area contributed by atoms with Crippen LogP contribution in [0.3, 0.4) is 0 Å². The lowest BCUT2D eigenvalue weighted by Gasteiger charge is -2.09. The van der Waals surface area contributed by atoms with Crippen molar-refractivity contribution in [1.29, 1.82) is 0 Å². The van der Waals surface area contributed by atoms with Gasteiger partial charge in [0.2, 0.25) is 0 Å². The van der Waals surface area contributed by atoms with E-state index in [0.29, 0.717) is 5.13 Å². The van der Waals surface area contributed by atoms with E-state index in [9.17, 15) is 19.3 Å². The lowest BCUT2D eigenvalue weighted by atomic mass is 9.98. The first-order valence-electron chi connectivity index (χ1n) is 8.65. The van der Waals surface area contributed by atoms with Gasteiger partial charge in [-0.3, -0.25) is 20.2 Å². The van der Waals surface area contributed by atoms with Crippen LogP contribution in [-0.4, -0.2) is 22.4 Å². The van der Waals surface area contributed by atoms with Crippen LogP contribution in [0.5, 0.6) is 5.75 Å². The SMILES string of the molecule is Cc1cc(C)c(-c2csc(NC(=O)COc3ccc([N+](=O)[O-])cc3F)n2)c(C)c1. The predicted octanol–water partition coefficient (Wildman–Crippen LogP) is 4.80.